The van der Waals surface area contributed by atoms with Crippen molar-refractivity contribution in [3.8, 4) is 11.1 Å². The summed E-state index contributed by atoms with van der Waals surface area (Å²) in [6.45, 7) is 0. The molecule has 0 aliphatic carbocycles. The van der Waals surface area contributed by atoms with Gasteiger partial charge in [-0.25, -0.2) is 9.97 Å². The minimum absolute atomic E-state index is 0.689. The first-order valence-electron chi connectivity index (χ1n) is 3.98. The van der Waals surface area contributed by atoms with Crippen LogP contribution in [0, 0.1) is 0 Å². The van der Waals surface area contributed by atoms with Crippen molar-refractivity contribution >= 4 is 27.5 Å². The normalized spacial score (nSPS) is 10.1. The topological polar surface area (TPSA) is 25.8 Å². The van der Waals surface area contributed by atoms with Crippen LogP contribution >= 0.6 is 27.5 Å². The quantitative estimate of drug-likeness (QED) is 0.791. The highest BCUT2D eigenvalue weighted by atomic mass is 79.9. The molecule has 2 aromatic rings. The van der Waals surface area contributed by atoms with Crippen molar-refractivity contribution in [1.82, 2.24) is 9.97 Å². The van der Waals surface area contributed by atoms with Crippen molar-refractivity contribution in [2.24, 2.45) is 0 Å². The van der Waals surface area contributed by atoms with Crippen molar-refractivity contribution < 1.29 is 0 Å². The Morgan fingerprint density at radius 1 is 1.14 bits per heavy atom. The summed E-state index contributed by atoms with van der Waals surface area (Å²) >= 11 is 9.43. The SMILES string of the molecule is Clc1cc(Br)ccc1-c1cncnc1. The summed E-state index contributed by atoms with van der Waals surface area (Å²) in [4.78, 5) is 7.89. The number of hydrogen-bond donors (Lipinski definition) is 0. The minimum atomic E-state index is 0.689. The van der Waals surface area contributed by atoms with E-state index in [1.807, 2.05) is 18.2 Å². The Labute approximate surface area is 95.1 Å². The van der Waals surface area contributed by atoms with Crippen molar-refractivity contribution in [3.63, 3.8) is 0 Å². The lowest BCUT2D eigenvalue weighted by Gasteiger charge is -2.03. The second kappa shape index (κ2) is 4.07. The predicted octanol–water partition coefficient (Wildman–Crippen LogP) is 3.56. The van der Waals surface area contributed by atoms with E-state index in [2.05, 4.69) is 25.9 Å². The third kappa shape index (κ3) is 1.94. The highest BCUT2D eigenvalue weighted by Gasteiger charge is 2.03. The zero-order valence-electron chi connectivity index (χ0n) is 7.11. The van der Waals surface area contributed by atoms with Crippen LogP contribution in [0.4, 0.5) is 0 Å². The first kappa shape index (κ1) is 9.62. The van der Waals surface area contributed by atoms with Crippen molar-refractivity contribution in [1.29, 1.82) is 0 Å². The van der Waals surface area contributed by atoms with Crippen LogP contribution in [-0.4, -0.2) is 9.97 Å². The van der Waals surface area contributed by atoms with E-state index < -0.39 is 0 Å². The van der Waals surface area contributed by atoms with Gasteiger partial charge in [0.05, 0.1) is 0 Å². The van der Waals surface area contributed by atoms with Crippen molar-refractivity contribution in [2.75, 3.05) is 0 Å². The third-order valence-electron chi connectivity index (χ3n) is 1.80. The summed E-state index contributed by atoms with van der Waals surface area (Å²) < 4.78 is 0.961. The summed E-state index contributed by atoms with van der Waals surface area (Å²) in [6, 6.07) is 5.73. The molecule has 0 amide bonds. The second-order valence-corrected chi connectivity index (χ2v) is 4.07. The molecule has 0 saturated carbocycles. The van der Waals surface area contributed by atoms with Gasteiger partial charge in [-0.05, 0) is 12.1 Å². The molecule has 0 aliphatic heterocycles. The Hall–Kier alpha value is -0.930. The van der Waals surface area contributed by atoms with Crippen LogP contribution in [0.25, 0.3) is 11.1 Å². The summed E-state index contributed by atoms with van der Waals surface area (Å²) in [7, 11) is 0. The Morgan fingerprint density at radius 3 is 2.50 bits per heavy atom. The molecular formula is C10H6BrClN2. The van der Waals surface area contributed by atoms with E-state index in [9.17, 15) is 0 Å². The first-order chi connectivity index (χ1) is 6.77. The van der Waals surface area contributed by atoms with Crippen molar-refractivity contribution in [2.45, 2.75) is 0 Å². The number of nitrogens with zero attached hydrogens (tertiary/aromatic N) is 2. The molecule has 0 spiro atoms. The minimum Gasteiger partial charge on any atom is -0.244 e. The number of halogens is 2. The third-order valence-corrected chi connectivity index (χ3v) is 2.61. The highest BCUT2D eigenvalue weighted by Crippen LogP contribution is 2.29. The Bertz CT molecular complexity index is 445. The van der Waals surface area contributed by atoms with Crippen molar-refractivity contribution in [3.05, 3.63) is 46.4 Å². The summed E-state index contributed by atoms with van der Waals surface area (Å²) in [5, 5.41) is 0.689. The predicted molar refractivity (Wildman–Crippen MR) is 60.2 cm³/mol. The van der Waals surface area contributed by atoms with E-state index in [4.69, 9.17) is 11.6 Å². The number of benzene rings is 1. The van der Waals surface area contributed by atoms with Crippen LogP contribution in [0.3, 0.4) is 0 Å². The molecule has 2 nitrogen and oxygen atoms in total. The highest BCUT2D eigenvalue weighted by molar-refractivity contribution is 9.10. The molecular weight excluding hydrogens is 263 g/mol. The van der Waals surface area contributed by atoms with Gasteiger partial charge >= 0.3 is 0 Å². The summed E-state index contributed by atoms with van der Waals surface area (Å²) in [5.74, 6) is 0. The number of aromatic nitrogens is 2. The lowest BCUT2D eigenvalue weighted by atomic mass is 10.1. The fourth-order valence-electron chi connectivity index (χ4n) is 1.16. The zero-order chi connectivity index (χ0) is 9.97. The lowest BCUT2D eigenvalue weighted by molar-refractivity contribution is 1.17. The van der Waals surface area contributed by atoms with Crippen LogP contribution in [-0.2, 0) is 0 Å². The van der Waals surface area contributed by atoms with Crippen LogP contribution in [0.1, 0.15) is 0 Å². The molecule has 0 N–H and O–H groups in total. The number of hydrogen-bond acceptors (Lipinski definition) is 2. The molecule has 0 unspecified atom stereocenters. The van der Waals surface area contributed by atoms with E-state index in [-0.39, 0.29) is 0 Å². The van der Waals surface area contributed by atoms with Gasteiger partial charge in [0.15, 0.2) is 0 Å². The van der Waals surface area contributed by atoms with E-state index in [0.717, 1.165) is 15.6 Å². The van der Waals surface area contributed by atoms with Gasteiger partial charge in [0.1, 0.15) is 6.33 Å². The lowest BCUT2D eigenvalue weighted by Crippen LogP contribution is -1.83. The van der Waals surface area contributed by atoms with Gasteiger partial charge in [-0.3, -0.25) is 0 Å². The fraction of sp³-hybridized carbons (Fsp3) is 0. The molecule has 4 heteroatoms. The van der Waals surface area contributed by atoms with Gasteiger partial charge in [-0.15, -0.1) is 0 Å². The molecule has 70 valence electrons. The Balaban J connectivity index is 2.53. The molecule has 1 heterocycles. The van der Waals surface area contributed by atoms with E-state index in [1.165, 1.54) is 6.33 Å². The standard InChI is InChI=1S/C10H6BrClN2/c11-8-1-2-9(10(12)3-8)7-4-13-6-14-5-7/h1-6H. The fourth-order valence-corrected chi connectivity index (χ4v) is 1.94. The maximum Gasteiger partial charge on any atom is 0.115 e. The average Bonchev–Trinajstić information content (AvgIpc) is 2.19. The van der Waals surface area contributed by atoms with Crippen LogP contribution < -0.4 is 0 Å². The maximum absolute atomic E-state index is 6.08. The van der Waals surface area contributed by atoms with E-state index in [0.29, 0.717) is 5.02 Å². The van der Waals surface area contributed by atoms with Crippen LogP contribution in [0.2, 0.25) is 5.02 Å². The van der Waals surface area contributed by atoms with Gasteiger partial charge < -0.3 is 0 Å². The molecule has 0 aliphatic rings. The first-order valence-corrected chi connectivity index (χ1v) is 5.15. The van der Waals surface area contributed by atoms with Crippen LogP contribution in [0.15, 0.2) is 41.4 Å². The monoisotopic (exact) mass is 268 g/mol. The van der Waals surface area contributed by atoms with Gasteiger partial charge in [0, 0.05) is 33.0 Å². The molecule has 0 radical (unpaired) electrons. The second-order valence-electron chi connectivity index (χ2n) is 2.75. The molecule has 14 heavy (non-hydrogen) atoms. The van der Waals surface area contributed by atoms with E-state index >= 15 is 0 Å². The Morgan fingerprint density at radius 2 is 1.86 bits per heavy atom. The Kier molecular flexibility index (Phi) is 2.79. The molecule has 0 saturated heterocycles. The summed E-state index contributed by atoms with van der Waals surface area (Å²) in [6.07, 6.45) is 4.97. The largest absolute Gasteiger partial charge is 0.244 e. The molecule has 0 bridgehead atoms. The van der Waals surface area contributed by atoms with Gasteiger partial charge in [0.2, 0.25) is 0 Å². The zero-order valence-corrected chi connectivity index (χ0v) is 9.46. The number of rotatable bonds is 1. The smallest absolute Gasteiger partial charge is 0.115 e. The van der Waals surface area contributed by atoms with Gasteiger partial charge in [0.25, 0.3) is 0 Å². The molecule has 2 rings (SSSR count). The summed E-state index contributed by atoms with van der Waals surface area (Å²) in [5.41, 5.74) is 1.86. The van der Waals surface area contributed by atoms with E-state index in [1.54, 1.807) is 12.4 Å². The molecule has 0 fully saturated rings. The van der Waals surface area contributed by atoms with Crippen LogP contribution in [0.5, 0.6) is 0 Å². The maximum atomic E-state index is 6.08. The molecule has 0 atom stereocenters. The van der Waals surface area contributed by atoms with Gasteiger partial charge in [-0.1, -0.05) is 33.6 Å². The average molecular weight is 270 g/mol. The molecule has 1 aromatic carbocycles. The van der Waals surface area contributed by atoms with Gasteiger partial charge in [-0.2, -0.15) is 0 Å². The molecule has 1 aromatic heterocycles.